The van der Waals surface area contributed by atoms with Crippen LogP contribution in [0.15, 0.2) is 6.20 Å². The van der Waals surface area contributed by atoms with Crippen LogP contribution in [-0.2, 0) is 7.05 Å². The molecular formula is C20H31N3O2. The minimum absolute atomic E-state index is 0.0329. The minimum atomic E-state index is -0.0329. The van der Waals surface area contributed by atoms with Crippen molar-refractivity contribution in [3.05, 3.63) is 11.8 Å². The van der Waals surface area contributed by atoms with E-state index in [0.29, 0.717) is 29.9 Å². The zero-order valence-electron chi connectivity index (χ0n) is 15.4. The van der Waals surface area contributed by atoms with Crippen LogP contribution in [0.3, 0.4) is 0 Å². The van der Waals surface area contributed by atoms with Gasteiger partial charge in [-0.15, -0.1) is 0 Å². The Labute approximate surface area is 150 Å². The first-order valence-electron chi connectivity index (χ1n) is 10.1. The molecule has 0 aliphatic heterocycles. The van der Waals surface area contributed by atoms with E-state index in [1.165, 1.54) is 57.8 Å². The Kier molecular flexibility index (Phi) is 5.00. The smallest absolute Gasteiger partial charge is 0.258 e. The van der Waals surface area contributed by atoms with Crippen molar-refractivity contribution < 1.29 is 9.53 Å². The lowest BCUT2D eigenvalue weighted by molar-refractivity contribution is 0.0935. The lowest BCUT2D eigenvalue weighted by Gasteiger charge is -2.22. The van der Waals surface area contributed by atoms with Crippen molar-refractivity contribution >= 4 is 5.91 Å². The highest BCUT2D eigenvalue weighted by molar-refractivity contribution is 5.96. The number of rotatable bonds is 6. The van der Waals surface area contributed by atoms with Gasteiger partial charge in [0.2, 0.25) is 5.88 Å². The molecule has 1 aromatic rings. The van der Waals surface area contributed by atoms with Gasteiger partial charge in [-0.05, 0) is 55.8 Å². The van der Waals surface area contributed by atoms with Crippen LogP contribution < -0.4 is 10.1 Å². The van der Waals surface area contributed by atoms with Crippen LogP contribution in [0.4, 0.5) is 0 Å². The summed E-state index contributed by atoms with van der Waals surface area (Å²) in [6.07, 6.45) is 13.5. The molecule has 25 heavy (non-hydrogen) atoms. The summed E-state index contributed by atoms with van der Waals surface area (Å²) in [5.41, 5.74) is 0.585. The largest absolute Gasteiger partial charge is 0.477 e. The summed E-state index contributed by atoms with van der Waals surface area (Å²) < 4.78 is 7.72. The van der Waals surface area contributed by atoms with Gasteiger partial charge >= 0.3 is 0 Å². The fourth-order valence-corrected chi connectivity index (χ4v) is 5.25. The van der Waals surface area contributed by atoms with Crippen molar-refractivity contribution in [1.82, 2.24) is 15.1 Å². The summed E-state index contributed by atoms with van der Waals surface area (Å²) in [5, 5.41) is 7.40. The van der Waals surface area contributed by atoms with Crippen molar-refractivity contribution in [3.63, 3.8) is 0 Å². The first-order chi connectivity index (χ1) is 12.2. The summed E-state index contributed by atoms with van der Waals surface area (Å²) in [7, 11) is 1.85. The molecule has 3 atom stereocenters. The molecule has 1 heterocycles. The van der Waals surface area contributed by atoms with Gasteiger partial charge in [0.15, 0.2) is 0 Å². The number of aromatic nitrogens is 2. The highest BCUT2D eigenvalue weighted by atomic mass is 16.5. The molecule has 138 valence electrons. The Hall–Kier alpha value is -1.52. The number of amides is 1. The van der Waals surface area contributed by atoms with Gasteiger partial charge in [-0.1, -0.05) is 25.7 Å². The zero-order chi connectivity index (χ0) is 17.2. The van der Waals surface area contributed by atoms with E-state index in [0.717, 1.165) is 18.4 Å². The molecule has 3 saturated carbocycles. The number of fused-ring (bicyclic) bond motifs is 2. The normalized spacial score (nSPS) is 29.1. The maximum absolute atomic E-state index is 12.6. The number of nitrogens with one attached hydrogen (secondary N) is 1. The minimum Gasteiger partial charge on any atom is -0.477 e. The van der Waals surface area contributed by atoms with Crippen molar-refractivity contribution in [1.29, 1.82) is 0 Å². The van der Waals surface area contributed by atoms with Crippen LogP contribution in [0.2, 0.25) is 0 Å². The third-order valence-electron chi connectivity index (χ3n) is 6.72. The van der Waals surface area contributed by atoms with Gasteiger partial charge in [0, 0.05) is 13.6 Å². The summed E-state index contributed by atoms with van der Waals surface area (Å²) in [4.78, 5) is 12.6. The summed E-state index contributed by atoms with van der Waals surface area (Å²) >= 11 is 0. The highest BCUT2D eigenvalue weighted by Crippen LogP contribution is 2.47. The molecular weight excluding hydrogens is 314 g/mol. The van der Waals surface area contributed by atoms with Crippen LogP contribution >= 0.6 is 0 Å². The predicted octanol–water partition coefficient (Wildman–Crippen LogP) is 3.55. The molecule has 0 aromatic carbocycles. The van der Waals surface area contributed by atoms with Gasteiger partial charge in [0.05, 0.1) is 12.8 Å². The molecule has 0 radical (unpaired) electrons. The second kappa shape index (κ2) is 7.38. The van der Waals surface area contributed by atoms with E-state index in [-0.39, 0.29) is 5.91 Å². The molecule has 3 aliphatic carbocycles. The molecule has 4 rings (SSSR count). The second-order valence-corrected chi connectivity index (χ2v) is 8.45. The van der Waals surface area contributed by atoms with Gasteiger partial charge in [0.25, 0.3) is 5.91 Å². The second-order valence-electron chi connectivity index (χ2n) is 8.45. The van der Waals surface area contributed by atoms with E-state index in [9.17, 15) is 4.79 Å². The standard InChI is InChI=1S/C20H31N3O2/c1-23-20(25-13-14-5-3-2-4-6-14)18(12-22-23)19(24)21-11-17-10-15-7-8-16(17)9-15/h12,14-17H,2-11,13H2,1H3,(H,21,24). The molecule has 1 amide bonds. The molecule has 0 spiro atoms. The van der Waals surface area contributed by atoms with E-state index >= 15 is 0 Å². The molecule has 1 N–H and O–H groups in total. The van der Waals surface area contributed by atoms with Crippen LogP contribution in [0, 0.1) is 23.7 Å². The van der Waals surface area contributed by atoms with Gasteiger partial charge < -0.3 is 10.1 Å². The Bertz CT molecular complexity index is 606. The first-order valence-corrected chi connectivity index (χ1v) is 10.1. The number of ether oxygens (including phenoxy) is 1. The van der Waals surface area contributed by atoms with Gasteiger partial charge in [-0.3, -0.25) is 4.79 Å². The number of hydrogen-bond donors (Lipinski definition) is 1. The summed E-state index contributed by atoms with van der Waals surface area (Å²) in [5.74, 6) is 3.63. The average Bonchev–Trinajstić information content (AvgIpc) is 3.34. The van der Waals surface area contributed by atoms with E-state index < -0.39 is 0 Å². The fourth-order valence-electron chi connectivity index (χ4n) is 5.25. The van der Waals surface area contributed by atoms with Gasteiger partial charge in [-0.2, -0.15) is 5.10 Å². The van der Waals surface area contributed by atoms with Crippen molar-refractivity contribution in [2.75, 3.05) is 13.2 Å². The summed E-state index contributed by atoms with van der Waals surface area (Å²) in [6.45, 7) is 1.50. The van der Waals surface area contributed by atoms with Gasteiger partial charge in [0.1, 0.15) is 5.56 Å². The maximum atomic E-state index is 12.6. The quantitative estimate of drug-likeness (QED) is 0.858. The average molecular weight is 345 g/mol. The fraction of sp³-hybridized carbons (Fsp3) is 0.800. The highest BCUT2D eigenvalue weighted by Gasteiger charge is 2.39. The predicted molar refractivity (Wildman–Crippen MR) is 96.5 cm³/mol. The van der Waals surface area contributed by atoms with E-state index in [2.05, 4.69) is 10.4 Å². The van der Waals surface area contributed by atoms with Crippen molar-refractivity contribution in [3.8, 4) is 5.88 Å². The topological polar surface area (TPSA) is 56.2 Å². The third-order valence-corrected chi connectivity index (χ3v) is 6.72. The third kappa shape index (κ3) is 3.70. The lowest BCUT2D eigenvalue weighted by Crippen LogP contribution is -2.31. The van der Waals surface area contributed by atoms with E-state index in [1.54, 1.807) is 10.9 Å². The number of carbonyl (C=O) groups is 1. The summed E-state index contributed by atoms with van der Waals surface area (Å²) in [6, 6.07) is 0. The van der Waals surface area contributed by atoms with Crippen molar-refractivity contribution in [2.24, 2.45) is 30.7 Å². The molecule has 2 bridgehead atoms. The molecule has 1 aromatic heterocycles. The number of aryl methyl sites for hydroxylation is 1. The number of carbonyl (C=O) groups excluding carboxylic acids is 1. The molecule has 0 saturated heterocycles. The first kappa shape index (κ1) is 16.9. The molecule has 3 unspecified atom stereocenters. The Morgan fingerprint density at radius 2 is 2.08 bits per heavy atom. The molecule has 5 heteroatoms. The van der Waals surface area contributed by atoms with Crippen LogP contribution in [0.5, 0.6) is 5.88 Å². The van der Waals surface area contributed by atoms with Crippen molar-refractivity contribution in [2.45, 2.75) is 57.8 Å². The maximum Gasteiger partial charge on any atom is 0.258 e. The SMILES string of the molecule is Cn1ncc(C(=O)NCC2CC3CCC2C3)c1OCC1CCCCC1. The van der Waals surface area contributed by atoms with Gasteiger partial charge in [-0.25, -0.2) is 4.68 Å². The molecule has 3 aliphatic rings. The Morgan fingerprint density at radius 1 is 1.24 bits per heavy atom. The van der Waals surface area contributed by atoms with Crippen LogP contribution in [0.1, 0.15) is 68.1 Å². The zero-order valence-corrected chi connectivity index (χ0v) is 15.4. The lowest BCUT2D eigenvalue weighted by atomic mass is 9.89. The van der Waals surface area contributed by atoms with Crippen LogP contribution in [-0.4, -0.2) is 28.8 Å². The molecule has 5 nitrogen and oxygen atoms in total. The molecule has 3 fully saturated rings. The Balaban J connectivity index is 1.32. The van der Waals surface area contributed by atoms with E-state index in [1.807, 2.05) is 7.05 Å². The monoisotopic (exact) mass is 345 g/mol. The number of hydrogen-bond acceptors (Lipinski definition) is 3. The van der Waals surface area contributed by atoms with Crippen LogP contribution in [0.25, 0.3) is 0 Å². The van der Waals surface area contributed by atoms with E-state index in [4.69, 9.17) is 4.74 Å². The number of nitrogens with zero attached hydrogens (tertiary/aromatic N) is 2. The Morgan fingerprint density at radius 3 is 2.80 bits per heavy atom.